The summed E-state index contributed by atoms with van der Waals surface area (Å²) in [6.45, 7) is 5.34. The van der Waals surface area contributed by atoms with Gasteiger partial charge in [-0.2, -0.15) is 11.8 Å². The fourth-order valence-electron chi connectivity index (χ4n) is 1.89. The lowest BCUT2D eigenvalue weighted by Crippen LogP contribution is -2.50. The fraction of sp³-hybridized carbons (Fsp3) is 1.00. The van der Waals surface area contributed by atoms with Crippen LogP contribution in [-0.4, -0.2) is 42.2 Å². The van der Waals surface area contributed by atoms with Crippen molar-refractivity contribution in [3.63, 3.8) is 0 Å². The molecule has 0 amide bonds. The van der Waals surface area contributed by atoms with Crippen LogP contribution < -0.4 is 11.2 Å². The van der Waals surface area contributed by atoms with E-state index < -0.39 is 0 Å². The molecule has 0 aromatic rings. The van der Waals surface area contributed by atoms with Crippen LogP contribution in [0.2, 0.25) is 0 Å². The Hall–Kier alpha value is 0.230. The van der Waals surface area contributed by atoms with E-state index >= 15 is 0 Å². The smallest absolute Gasteiger partial charge is 0.0345 e. The molecule has 1 rings (SSSR count). The summed E-state index contributed by atoms with van der Waals surface area (Å²) in [6, 6.07) is 0.474. The van der Waals surface area contributed by atoms with Crippen molar-refractivity contribution >= 4 is 11.8 Å². The summed E-state index contributed by atoms with van der Waals surface area (Å²) in [5.41, 5.74) is 9.33. The summed E-state index contributed by atoms with van der Waals surface area (Å²) in [4.78, 5) is 0. The van der Waals surface area contributed by atoms with E-state index in [1.54, 1.807) is 0 Å². The normalized spacial score (nSPS) is 20.4. The Bertz CT molecular complexity index is 149. The van der Waals surface area contributed by atoms with Crippen molar-refractivity contribution in [2.24, 2.45) is 5.73 Å². The fourth-order valence-corrected chi connectivity index (χ4v) is 2.63. The molecule has 0 aliphatic carbocycles. The van der Waals surface area contributed by atoms with Gasteiger partial charge in [0.2, 0.25) is 0 Å². The zero-order valence-corrected chi connectivity index (χ0v) is 10.7. The van der Waals surface area contributed by atoms with Crippen LogP contribution in [0.25, 0.3) is 0 Å². The van der Waals surface area contributed by atoms with E-state index in [4.69, 9.17) is 5.73 Å². The first-order valence-electron chi connectivity index (χ1n) is 6.15. The second kappa shape index (κ2) is 8.39. The maximum atomic E-state index is 5.77. The van der Waals surface area contributed by atoms with Crippen LogP contribution in [-0.2, 0) is 0 Å². The van der Waals surface area contributed by atoms with Gasteiger partial charge in [0.25, 0.3) is 0 Å². The van der Waals surface area contributed by atoms with Crippen LogP contribution in [0, 0.1) is 0 Å². The topological polar surface area (TPSA) is 41.3 Å². The molecular formula is C11H25N3S. The minimum atomic E-state index is 0.474. The lowest BCUT2D eigenvalue weighted by atomic mass is 10.1. The molecule has 0 bridgehead atoms. The third kappa shape index (κ3) is 5.76. The largest absolute Gasteiger partial charge is 0.329 e. The summed E-state index contributed by atoms with van der Waals surface area (Å²) in [5, 5.41) is 2.36. The highest BCUT2D eigenvalue weighted by Crippen LogP contribution is 2.08. The van der Waals surface area contributed by atoms with Crippen molar-refractivity contribution in [1.82, 2.24) is 10.4 Å². The van der Waals surface area contributed by atoms with Crippen molar-refractivity contribution in [3.05, 3.63) is 0 Å². The summed E-state index contributed by atoms with van der Waals surface area (Å²) in [7, 11) is 0. The average molecular weight is 231 g/mol. The molecule has 0 spiro atoms. The highest BCUT2D eigenvalue weighted by molar-refractivity contribution is 7.99. The first kappa shape index (κ1) is 13.3. The Labute approximate surface area is 98.1 Å². The average Bonchev–Trinajstić information content (AvgIpc) is 2.29. The molecule has 1 unspecified atom stereocenters. The number of hydrogen-bond donors (Lipinski definition) is 2. The third-order valence-electron chi connectivity index (χ3n) is 2.82. The minimum Gasteiger partial charge on any atom is -0.329 e. The molecule has 0 aromatic carbocycles. The summed E-state index contributed by atoms with van der Waals surface area (Å²) in [6.07, 6.45) is 5.23. The zero-order chi connectivity index (χ0) is 10.9. The Balaban J connectivity index is 2.13. The molecule has 1 heterocycles. The molecule has 1 saturated heterocycles. The van der Waals surface area contributed by atoms with E-state index in [-0.39, 0.29) is 0 Å². The van der Waals surface area contributed by atoms with Gasteiger partial charge in [-0.3, -0.25) is 5.43 Å². The highest BCUT2D eigenvalue weighted by atomic mass is 32.2. The maximum absolute atomic E-state index is 5.77. The second-order valence-electron chi connectivity index (χ2n) is 4.10. The lowest BCUT2D eigenvalue weighted by Gasteiger charge is -2.31. The molecule has 90 valence electrons. The molecule has 1 aliphatic heterocycles. The minimum absolute atomic E-state index is 0.474. The number of nitrogens with one attached hydrogen (secondary N) is 1. The Kier molecular flexibility index (Phi) is 7.44. The standard InChI is InChI=1S/C11H25N3S/c1-2-15-9-6-11(10-12)13-14-7-4-3-5-8-14/h11,13H,2-10,12H2,1H3. The van der Waals surface area contributed by atoms with Crippen LogP contribution in [0.15, 0.2) is 0 Å². The molecule has 0 radical (unpaired) electrons. The summed E-state index contributed by atoms with van der Waals surface area (Å²) in [5.74, 6) is 2.43. The first-order chi connectivity index (χ1) is 7.36. The molecule has 3 N–H and O–H groups in total. The molecule has 1 fully saturated rings. The predicted octanol–water partition coefficient (Wildman–Crippen LogP) is 1.45. The van der Waals surface area contributed by atoms with E-state index in [0.717, 1.165) is 6.54 Å². The number of thioether (sulfide) groups is 1. The van der Waals surface area contributed by atoms with Gasteiger partial charge in [0.1, 0.15) is 0 Å². The molecule has 3 nitrogen and oxygen atoms in total. The van der Waals surface area contributed by atoms with Gasteiger partial charge in [-0.15, -0.1) is 0 Å². The molecular weight excluding hydrogens is 206 g/mol. The quantitative estimate of drug-likeness (QED) is 0.651. The Morgan fingerprint density at radius 1 is 1.33 bits per heavy atom. The van der Waals surface area contributed by atoms with Crippen molar-refractivity contribution in [2.75, 3.05) is 31.1 Å². The van der Waals surface area contributed by atoms with Crippen LogP contribution >= 0.6 is 11.8 Å². The lowest BCUT2D eigenvalue weighted by molar-refractivity contribution is 0.129. The van der Waals surface area contributed by atoms with Gasteiger partial charge in [0.05, 0.1) is 0 Å². The van der Waals surface area contributed by atoms with E-state index in [1.165, 1.54) is 50.3 Å². The van der Waals surface area contributed by atoms with Gasteiger partial charge in [-0.1, -0.05) is 13.3 Å². The van der Waals surface area contributed by atoms with Gasteiger partial charge in [-0.25, -0.2) is 5.01 Å². The summed E-state index contributed by atoms with van der Waals surface area (Å²) >= 11 is 2.00. The second-order valence-corrected chi connectivity index (χ2v) is 5.49. The number of piperidine rings is 1. The first-order valence-corrected chi connectivity index (χ1v) is 7.31. The van der Waals surface area contributed by atoms with Crippen LogP contribution in [0.1, 0.15) is 32.6 Å². The van der Waals surface area contributed by atoms with Gasteiger partial charge in [-0.05, 0) is 30.8 Å². The maximum Gasteiger partial charge on any atom is 0.0345 e. The molecule has 0 aromatic heterocycles. The van der Waals surface area contributed by atoms with Crippen molar-refractivity contribution < 1.29 is 0 Å². The van der Waals surface area contributed by atoms with E-state index in [9.17, 15) is 0 Å². The predicted molar refractivity (Wildman–Crippen MR) is 69.0 cm³/mol. The van der Waals surface area contributed by atoms with Crippen molar-refractivity contribution in [1.29, 1.82) is 0 Å². The van der Waals surface area contributed by atoms with E-state index in [0.29, 0.717) is 6.04 Å². The number of nitrogens with zero attached hydrogens (tertiary/aromatic N) is 1. The van der Waals surface area contributed by atoms with Gasteiger partial charge in [0.15, 0.2) is 0 Å². The Morgan fingerprint density at radius 2 is 2.07 bits per heavy atom. The third-order valence-corrected chi connectivity index (χ3v) is 3.75. The van der Waals surface area contributed by atoms with Crippen molar-refractivity contribution in [3.8, 4) is 0 Å². The number of rotatable bonds is 7. The SMILES string of the molecule is CCSCCC(CN)NN1CCCCC1. The van der Waals surface area contributed by atoms with Crippen LogP contribution in [0.4, 0.5) is 0 Å². The molecule has 15 heavy (non-hydrogen) atoms. The number of nitrogens with two attached hydrogens (primary N) is 1. The number of hydrogen-bond acceptors (Lipinski definition) is 4. The zero-order valence-electron chi connectivity index (χ0n) is 9.87. The Morgan fingerprint density at radius 3 is 2.67 bits per heavy atom. The van der Waals surface area contributed by atoms with Gasteiger partial charge >= 0.3 is 0 Å². The molecule has 0 saturated carbocycles. The van der Waals surface area contributed by atoms with Gasteiger partial charge < -0.3 is 5.73 Å². The monoisotopic (exact) mass is 231 g/mol. The van der Waals surface area contributed by atoms with E-state index in [1.807, 2.05) is 11.8 Å². The van der Waals surface area contributed by atoms with Gasteiger partial charge in [0, 0.05) is 25.7 Å². The number of hydrazine groups is 1. The van der Waals surface area contributed by atoms with E-state index in [2.05, 4.69) is 17.4 Å². The van der Waals surface area contributed by atoms with Crippen LogP contribution in [0.5, 0.6) is 0 Å². The van der Waals surface area contributed by atoms with Crippen molar-refractivity contribution in [2.45, 2.75) is 38.6 Å². The molecule has 4 heteroatoms. The highest BCUT2D eigenvalue weighted by Gasteiger charge is 2.13. The molecule has 1 aliphatic rings. The van der Waals surface area contributed by atoms with Crippen LogP contribution in [0.3, 0.4) is 0 Å². The summed E-state index contributed by atoms with van der Waals surface area (Å²) < 4.78 is 0. The molecule has 1 atom stereocenters.